The molecule has 0 fully saturated rings. The van der Waals surface area contributed by atoms with Crippen LogP contribution in [0.3, 0.4) is 0 Å². The Hall–Kier alpha value is -8.66. The highest BCUT2D eigenvalue weighted by Crippen LogP contribution is 2.37. The van der Waals surface area contributed by atoms with E-state index in [0.29, 0.717) is 34.9 Å². The number of aliphatic hydroxyl groups excluding tert-OH is 1. The van der Waals surface area contributed by atoms with Crippen molar-refractivity contribution in [1.29, 1.82) is 0 Å². The zero-order valence-corrected chi connectivity index (χ0v) is 35.1. The minimum Gasteiger partial charge on any atom is -0.497 e. The predicted octanol–water partition coefficient (Wildman–Crippen LogP) is 12.8. The molecule has 11 rings (SSSR count). The second-order valence-electron chi connectivity index (χ2n) is 15.6. The summed E-state index contributed by atoms with van der Waals surface area (Å²) in [6, 6.07) is 64.5. The lowest BCUT2D eigenvalue weighted by molar-refractivity contribution is 0.282. The molecule has 9 nitrogen and oxygen atoms in total. The third-order valence-electron chi connectivity index (χ3n) is 11.5. The van der Waals surface area contributed by atoms with Crippen molar-refractivity contribution in [2.24, 2.45) is 0 Å². The van der Waals surface area contributed by atoms with Crippen LogP contribution in [0.4, 0.5) is 0 Å². The number of furan rings is 1. The molecule has 0 radical (unpaired) electrons. The quantitative estimate of drug-likeness (QED) is 0.143. The molecule has 0 saturated carbocycles. The molecular formula is C56H38N6O3. The topological polar surface area (TPSA) is 120 Å². The van der Waals surface area contributed by atoms with Gasteiger partial charge in [0.2, 0.25) is 0 Å². The highest BCUT2D eigenvalue weighted by Gasteiger charge is 2.17. The molecule has 0 saturated heterocycles. The smallest absolute Gasteiger partial charge is 0.164 e. The third-order valence-corrected chi connectivity index (χ3v) is 11.5. The molecular weight excluding hydrogens is 805 g/mol. The largest absolute Gasteiger partial charge is 0.497 e. The molecule has 0 bridgehead atoms. The summed E-state index contributed by atoms with van der Waals surface area (Å²) >= 11 is 0. The van der Waals surface area contributed by atoms with Gasteiger partial charge in [-0.05, 0) is 88.5 Å². The summed E-state index contributed by atoms with van der Waals surface area (Å²) in [6.45, 7) is -0.0343. The summed E-state index contributed by atoms with van der Waals surface area (Å²) in [6.07, 6.45) is 0. The Morgan fingerprint density at radius 3 is 1.11 bits per heavy atom. The van der Waals surface area contributed by atoms with Crippen LogP contribution < -0.4 is 4.74 Å². The number of hydrogen-bond acceptors (Lipinski definition) is 9. The van der Waals surface area contributed by atoms with Crippen LogP contribution in [0, 0.1) is 0 Å². The van der Waals surface area contributed by atoms with Gasteiger partial charge in [0.05, 0.1) is 13.7 Å². The van der Waals surface area contributed by atoms with Crippen LogP contribution in [0.2, 0.25) is 0 Å². The molecule has 0 aliphatic carbocycles. The van der Waals surface area contributed by atoms with Crippen molar-refractivity contribution in [3.8, 4) is 96.3 Å². The Morgan fingerprint density at radius 1 is 0.354 bits per heavy atom. The normalized spacial score (nSPS) is 11.3. The van der Waals surface area contributed by atoms with Gasteiger partial charge in [-0.2, -0.15) is 0 Å². The van der Waals surface area contributed by atoms with E-state index in [0.717, 1.165) is 88.9 Å². The van der Waals surface area contributed by atoms with E-state index in [9.17, 15) is 5.11 Å². The van der Waals surface area contributed by atoms with E-state index in [2.05, 4.69) is 48.5 Å². The second kappa shape index (κ2) is 16.9. The number of fused-ring (bicyclic) bond motifs is 3. The van der Waals surface area contributed by atoms with Gasteiger partial charge in [0.15, 0.2) is 34.9 Å². The standard InChI is InChI=1S/C56H38N6O3/c1-64-46-26-22-39(23-27-46)54-58-52(37-12-6-3-7-13-37)60-56(62-54)45-17-9-15-41(31-45)43-25-29-50-48(33-43)47-32-42(24-28-49(47)65-50)40-14-8-16-44(30-40)55-59-51(36-10-4-2-5-11-36)57-53(61-55)38-20-18-35(34-63)19-21-38/h2-33,63H,34H2,1H3. The van der Waals surface area contributed by atoms with E-state index in [1.54, 1.807) is 7.11 Å². The maximum atomic E-state index is 9.63. The fourth-order valence-corrected chi connectivity index (χ4v) is 8.01. The molecule has 0 amide bonds. The average Bonchev–Trinajstić information content (AvgIpc) is 3.76. The summed E-state index contributed by atoms with van der Waals surface area (Å²) in [5.74, 6) is 4.22. The van der Waals surface area contributed by atoms with Crippen LogP contribution in [-0.2, 0) is 6.61 Å². The van der Waals surface area contributed by atoms with Crippen LogP contribution >= 0.6 is 0 Å². The number of nitrogens with zero attached hydrogens (tertiary/aromatic N) is 6. The van der Waals surface area contributed by atoms with Gasteiger partial charge >= 0.3 is 0 Å². The molecule has 9 heteroatoms. The van der Waals surface area contributed by atoms with Gasteiger partial charge in [0.1, 0.15) is 16.9 Å². The molecule has 310 valence electrons. The van der Waals surface area contributed by atoms with Gasteiger partial charge < -0.3 is 14.3 Å². The lowest BCUT2D eigenvalue weighted by Crippen LogP contribution is -2.00. The lowest BCUT2D eigenvalue weighted by atomic mass is 9.98. The van der Waals surface area contributed by atoms with E-state index in [-0.39, 0.29) is 6.61 Å². The van der Waals surface area contributed by atoms with Gasteiger partial charge in [-0.3, -0.25) is 0 Å². The van der Waals surface area contributed by atoms with Crippen molar-refractivity contribution in [2.75, 3.05) is 7.11 Å². The first-order valence-electron chi connectivity index (χ1n) is 21.2. The van der Waals surface area contributed by atoms with E-state index < -0.39 is 0 Å². The molecule has 0 atom stereocenters. The lowest BCUT2D eigenvalue weighted by Gasteiger charge is -2.10. The molecule has 3 aromatic heterocycles. The summed E-state index contributed by atoms with van der Waals surface area (Å²) in [5.41, 5.74) is 11.8. The fraction of sp³-hybridized carbons (Fsp3) is 0.0357. The van der Waals surface area contributed by atoms with Crippen LogP contribution in [0.25, 0.3) is 113 Å². The minimum absolute atomic E-state index is 0.0343. The average molecular weight is 843 g/mol. The maximum absolute atomic E-state index is 9.63. The zero-order valence-electron chi connectivity index (χ0n) is 35.1. The van der Waals surface area contributed by atoms with E-state index in [4.69, 9.17) is 39.1 Å². The number of rotatable bonds is 10. The molecule has 0 unspecified atom stereocenters. The number of benzene rings is 8. The van der Waals surface area contributed by atoms with Crippen LogP contribution in [0.1, 0.15) is 5.56 Å². The van der Waals surface area contributed by atoms with Crippen molar-refractivity contribution in [1.82, 2.24) is 29.9 Å². The molecule has 8 aromatic carbocycles. The summed E-state index contributed by atoms with van der Waals surface area (Å²) in [7, 11) is 1.65. The third kappa shape index (κ3) is 7.88. The molecule has 3 heterocycles. The van der Waals surface area contributed by atoms with Gasteiger partial charge in [-0.1, -0.05) is 133 Å². The van der Waals surface area contributed by atoms with Crippen LogP contribution in [-0.4, -0.2) is 42.1 Å². The summed E-state index contributed by atoms with van der Waals surface area (Å²) in [4.78, 5) is 29.6. The predicted molar refractivity (Wildman–Crippen MR) is 256 cm³/mol. The number of aromatic nitrogens is 6. The first-order chi connectivity index (χ1) is 32.0. The minimum atomic E-state index is -0.0343. The van der Waals surface area contributed by atoms with E-state index >= 15 is 0 Å². The van der Waals surface area contributed by atoms with E-state index in [1.807, 2.05) is 146 Å². The van der Waals surface area contributed by atoms with Crippen molar-refractivity contribution < 1.29 is 14.3 Å². The summed E-state index contributed by atoms with van der Waals surface area (Å²) in [5, 5.41) is 11.7. The van der Waals surface area contributed by atoms with Crippen molar-refractivity contribution in [3.05, 3.63) is 200 Å². The maximum Gasteiger partial charge on any atom is 0.164 e. The van der Waals surface area contributed by atoms with Crippen LogP contribution in [0.15, 0.2) is 199 Å². The Labute approximate surface area is 374 Å². The Morgan fingerprint density at radius 2 is 0.692 bits per heavy atom. The highest BCUT2D eigenvalue weighted by molar-refractivity contribution is 6.07. The molecule has 1 N–H and O–H groups in total. The van der Waals surface area contributed by atoms with Crippen molar-refractivity contribution in [3.63, 3.8) is 0 Å². The Balaban J connectivity index is 0.953. The Kier molecular flexibility index (Phi) is 10.2. The molecule has 0 aliphatic heterocycles. The van der Waals surface area contributed by atoms with Crippen molar-refractivity contribution in [2.45, 2.75) is 6.61 Å². The van der Waals surface area contributed by atoms with Gasteiger partial charge in [0.25, 0.3) is 0 Å². The molecule has 65 heavy (non-hydrogen) atoms. The van der Waals surface area contributed by atoms with Gasteiger partial charge in [-0.15, -0.1) is 0 Å². The monoisotopic (exact) mass is 842 g/mol. The number of hydrogen-bond donors (Lipinski definition) is 1. The molecule has 0 spiro atoms. The van der Waals surface area contributed by atoms with Gasteiger partial charge in [0, 0.05) is 44.2 Å². The van der Waals surface area contributed by atoms with Crippen molar-refractivity contribution >= 4 is 21.9 Å². The SMILES string of the molecule is COc1ccc(-c2nc(-c3ccccc3)nc(-c3cccc(-c4ccc5oc6ccc(-c7cccc(-c8nc(-c9ccccc9)nc(-c9ccc(CO)cc9)n8)c7)cc6c5c4)c3)n2)cc1. The summed E-state index contributed by atoms with van der Waals surface area (Å²) < 4.78 is 11.8. The highest BCUT2D eigenvalue weighted by atomic mass is 16.5. The Bertz CT molecular complexity index is 3270. The van der Waals surface area contributed by atoms with Crippen LogP contribution in [0.5, 0.6) is 5.75 Å². The second-order valence-corrected chi connectivity index (χ2v) is 15.6. The number of ether oxygens (including phenoxy) is 1. The molecule has 11 aromatic rings. The first-order valence-corrected chi connectivity index (χ1v) is 21.2. The zero-order chi connectivity index (χ0) is 43.7. The fourth-order valence-electron chi connectivity index (χ4n) is 8.01. The van der Waals surface area contributed by atoms with Gasteiger partial charge in [-0.25, -0.2) is 29.9 Å². The first kappa shape index (κ1) is 39.2. The number of methoxy groups -OCH3 is 1. The van der Waals surface area contributed by atoms with E-state index in [1.165, 1.54) is 0 Å². The number of aliphatic hydroxyl groups is 1. The molecule has 0 aliphatic rings.